The molecule has 0 aliphatic heterocycles. The first kappa shape index (κ1) is 11.4. The number of ether oxygens (including phenoxy) is 1. The van der Waals surface area contributed by atoms with Crippen LogP contribution in [-0.2, 0) is 6.18 Å². The molecule has 0 amide bonds. The minimum atomic E-state index is -4.46. The number of pyridine rings is 1. The summed E-state index contributed by atoms with van der Waals surface area (Å²) >= 11 is 1.75. The molecule has 0 aliphatic rings. The lowest BCUT2D eigenvalue weighted by Gasteiger charge is -2.08. The number of alkyl halides is 3. The lowest BCUT2D eigenvalue weighted by Crippen LogP contribution is -2.07. The third kappa shape index (κ3) is 1.70. The molecule has 0 aliphatic carbocycles. The topological polar surface area (TPSA) is 50.8 Å². The van der Waals surface area contributed by atoms with E-state index in [9.17, 15) is 13.2 Å². The molecule has 16 heavy (non-hydrogen) atoms. The average molecular weight is 343 g/mol. The molecule has 86 valence electrons. The van der Waals surface area contributed by atoms with Gasteiger partial charge < -0.3 is 4.74 Å². The van der Waals surface area contributed by atoms with E-state index >= 15 is 0 Å². The molecule has 0 saturated carbocycles. The summed E-state index contributed by atoms with van der Waals surface area (Å²) in [5.74, 6) is 0.0715. The molecule has 0 atom stereocenters. The zero-order chi connectivity index (χ0) is 11.9. The summed E-state index contributed by atoms with van der Waals surface area (Å²) in [4.78, 5) is 3.58. The van der Waals surface area contributed by atoms with Crippen molar-refractivity contribution in [3.63, 3.8) is 0 Å². The standard InChI is InChI=1S/C8H5F3IN3O/c1-16-7-5-4(6(12)15-14-5)3(2-13-7)8(9,10)11/h2H,1H3,(H,14,15). The maximum Gasteiger partial charge on any atom is 0.418 e. The van der Waals surface area contributed by atoms with Crippen LogP contribution in [0.15, 0.2) is 6.20 Å². The van der Waals surface area contributed by atoms with Gasteiger partial charge in [0.1, 0.15) is 3.70 Å². The van der Waals surface area contributed by atoms with E-state index < -0.39 is 11.7 Å². The number of halogens is 4. The number of hydrogen-bond donors (Lipinski definition) is 1. The Hall–Kier alpha value is -1.06. The van der Waals surface area contributed by atoms with Crippen molar-refractivity contribution in [2.45, 2.75) is 6.18 Å². The summed E-state index contributed by atoms with van der Waals surface area (Å²) in [6.45, 7) is 0. The molecular weight excluding hydrogens is 338 g/mol. The zero-order valence-electron chi connectivity index (χ0n) is 7.89. The normalized spacial score (nSPS) is 12.1. The predicted molar refractivity (Wildman–Crippen MR) is 58.2 cm³/mol. The number of rotatable bonds is 1. The van der Waals surface area contributed by atoms with E-state index in [4.69, 9.17) is 4.74 Å². The van der Waals surface area contributed by atoms with Crippen LogP contribution >= 0.6 is 22.6 Å². The van der Waals surface area contributed by atoms with Crippen molar-refractivity contribution in [2.24, 2.45) is 0 Å². The fraction of sp³-hybridized carbons (Fsp3) is 0.250. The first-order valence-electron chi connectivity index (χ1n) is 4.09. The van der Waals surface area contributed by atoms with Crippen LogP contribution in [-0.4, -0.2) is 22.3 Å². The van der Waals surface area contributed by atoms with Crippen LogP contribution in [0.4, 0.5) is 13.2 Å². The molecule has 0 saturated heterocycles. The van der Waals surface area contributed by atoms with Crippen LogP contribution in [0.2, 0.25) is 0 Å². The first-order chi connectivity index (χ1) is 7.45. The second-order valence-corrected chi connectivity index (χ2v) is 4.02. The van der Waals surface area contributed by atoms with Crippen molar-refractivity contribution in [1.29, 1.82) is 0 Å². The number of hydrogen-bond acceptors (Lipinski definition) is 3. The molecular formula is C8H5F3IN3O. The quantitative estimate of drug-likeness (QED) is 0.810. The number of H-pyrrole nitrogens is 1. The molecule has 2 aromatic heterocycles. The van der Waals surface area contributed by atoms with E-state index in [1.54, 1.807) is 22.6 Å². The Balaban J connectivity index is 2.83. The Morgan fingerprint density at radius 2 is 2.12 bits per heavy atom. The smallest absolute Gasteiger partial charge is 0.418 e. The van der Waals surface area contributed by atoms with Crippen LogP contribution in [0, 0.1) is 3.70 Å². The summed E-state index contributed by atoms with van der Waals surface area (Å²) in [7, 11) is 1.33. The molecule has 2 rings (SSSR count). The molecule has 0 fully saturated rings. The molecule has 0 unspecified atom stereocenters. The summed E-state index contributed by atoms with van der Waals surface area (Å²) in [5.41, 5.74) is -0.733. The highest BCUT2D eigenvalue weighted by Crippen LogP contribution is 2.37. The maximum atomic E-state index is 12.7. The Morgan fingerprint density at radius 1 is 1.44 bits per heavy atom. The molecule has 0 radical (unpaired) electrons. The van der Waals surface area contributed by atoms with Gasteiger partial charge in [0.25, 0.3) is 0 Å². The van der Waals surface area contributed by atoms with Gasteiger partial charge in [-0.05, 0) is 22.6 Å². The van der Waals surface area contributed by atoms with Crippen LogP contribution in [0.3, 0.4) is 0 Å². The van der Waals surface area contributed by atoms with Gasteiger partial charge in [-0.3, -0.25) is 5.10 Å². The summed E-state index contributed by atoms with van der Waals surface area (Å²) in [6.07, 6.45) is -3.71. The predicted octanol–water partition coefficient (Wildman–Crippen LogP) is 2.59. The highest BCUT2D eigenvalue weighted by molar-refractivity contribution is 14.1. The third-order valence-corrected chi connectivity index (χ3v) is 2.78. The van der Waals surface area contributed by atoms with Crippen LogP contribution in [0.1, 0.15) is 5.56 Å². The van der Waals surface area contributed by atoms with Gasteiger partial charge in [-0.25, -0.2) is 4.98 Å². The van der Waals surface area contributed by atoms with Crippen LogP contribution in [0.5, 0.6) is 5.88 Å². The fourth-order valence-corrected chi connectivity index (χ4v) is 2.00. The molecule has 0 bridgehead atoms. The minimum Gasteiger partial charge on any atom is -0.479 e. The Morgan fingerprint density at radius 3 is 2.69 bits per heavy atom. The van der Waals surface area contributed by atoms with Gasteiger partial charge in [0.2, 0.25) is 5.88 Å². The molecule has 0 aromatic carbocycles. The second kappa shape index (κ2) is 3.75. The minimum absolute atomic E-state index is 0.0139. The number of methoxy groups -OCH3 is 1. The second-order valence-electron chi connectivity index (χ2n) is 2.94. The van der Waals surface area contributed by atoms with Gasteiger partial charge in [0, 0.05) is 6.20 Å². The van der Waals surface area contributed by atoms with E-state index in [-0.39, 0.29) is 16.8 Å². The van der Waals surface area contributed by atoms with Crippen molar-refractivity contribution < 1.29 is 17.9 Å². The van der Waals surface area contributed by atoms with Crippen molar-refractivity contribution in [3.8, 4) is 5.88 Å². The maximum absolute atomic E-state index is 12.7. The van der Waals surface area contributed by atoms with Gasteiger partial charge >= 0.3 is 6.18 Å². The van der Waals surface area contributed by atoms with E-state index in [0.29, 0.717) is 3.70 Å². The van der Waals surface area contributed by atoms with Crippen molar-refractivity contribution in [3.05, 3.63) is 15.5 Å². The molecule has 2 aromatic rings. The number of fused-ring (bicyclic) bond motifs is 1. The number of aromatic nitrogens is 3. The Bertz CT molecular complexity index is 537. The summed E-state index contributed by atoms with van der Waals surface area (Å²) in [6, 6.07) is 0. The van der Waals surface area contributed by atoms with E-state index in [1.807, 2.05) is 0 Å². The van der Waals surface area contributed by atoms with Gasteiger partial charge in [-0.15, -0.1) is 0 Å². The SMILES string of the molecule is COc1ncc(C(F)(F)F)c2c(I)[nH]nc12. The largest absolute Gasteiger partial charge is 0.479 e. The van der Waals surface area contributed by atoms with E-state index in [0.717, 1.165) is 6.20 Å². The molecule has 8 heteroatoms. The Labute approximate surface area is 101 Å². The molecule has 2 heterocycles. The van der Waals surface area contributed by atoms with Gasteiger partial charge in [-0.1, -0.05) is 0 Å². The highest BCUT2D eigenvalue weighted by Gasteiger charge is 2.35. The summed E-state index contributed by atoms with van der Waals surface area (Å²) < 4.78 is 43.2. The third-order valence-electron chi connectivity index (χ3n) is 2.00. The zero-order valence-corrected chi connectivity index (χ0v) is 10.0. The number of nitrogens with zero attached hydrogens (tertiary/aromatic N) is 2. The van der Waals surface area contributed by atoms with Crippen molar-refractivity contribution >= 4 is 33.5 Å². The number of nitrogens with one attached hydrogen (secondary N) is 1. The van der Waals surface area contributed by atoms with E-state index in [1.165, 1.54) is 7.11 Å². The van der Waals surface area contributed by atoms with Crippen LogP contribution < -0.4 is 4.74 Å². The number of aromatic amines is 1. The molecule has 0 spiro atoms. The van der Waals surface area contributed by atoms with Crippen molar-refractivity contribution in [2.75, 3.05) is 7.11 Å². The highest BCUT2D eigenvalue weighted by atomic mass is 127. The van der Waals surface area contributed by atoms with Crippen LogP contribution in [0.25, 0.3) is 10.9 Å². The fourth-order valence-electron chi connectivity index (χ4n) is 1.33. The molecule has 4 nitrogen and oxygen atoms in total. The first-order valence-corrected chi connectivity index (χ1v) is 5.16. The lowest BCUT2D eigenvalue weighted by molar-refractivity contribution is -0.136. The monoisotopic (exact) mass is 343 g/mol. The lowest BCUT2D eigenvalue weighted by atomic mass is 10.2. The molecule has 1 N–H and O–H groups in total. The summed E-state index contributed by atoms with van der Waals surface area (Å²) in [5, 5.41) is 6.21. The average Bonchev–Trinajstić information content (AvgIpc) is 2.58. The Kier molecular flexibility index (Phi) is 2.68. The van der Waals surface area contributed by atoms with E-state index in [2.05, 4.69) is 15.2 Å². The van der Waals surface area contributed by atoms with Gasteiger partial charge in [-0.2, -0.15) is 18.3 Å². The van der Waals surface area contributed by atoms with Gasteiger partial charge in [0.05, 0.1) is 18.1 Å². The van der Waals surface area contributed by atoms with Gasteiger partial charge in [0.15, 0.2) is 5.52 Å². The van der Waals surface area contributed by atoms with Crippen molar-refractivity contribution in [1.82, 2.24) is 15.2 Å².